The number of aryl methyl sites for hydroxylation is 2. The van der Waals surface area contributed by atoms with Crippen LogP contribution >= 0.6 is 0 Å². The molecule has 2 aromatic rings. The Labute approximate surface area is 140 Å². The van der Waals surface area contributed by atoms with Crippen molar-refractivity contribution in [2.45, 2.75) is 39.0 Å². The number of benzene rings is 1. The number of nitrogens with zero attached hydrogens (tertiary/aromatic N) is 2. The molecule has 0 aliphatic carbocycles. The topological polar surface area (TPSA) is 20.2 Å². The third kappa shape index (κ3) is 3.78. The highest BCUT2D eigenvalue weighted by Crippen LogP contribution is 2.29. The van der Waals surface area contributed by atoms with Gasteiger partial charge in [-0.1, -0.05) is 26.8 Å². The molecule has 3 nitrogen and oxygen atoms in total. The standard InChI is InChI=1S/C20H31N3/c1-20(2,3)17-7-8-19-18(14-17)16(15-22(19)4)6-5-11-23-12-9-21-10-13-23/h7-8,14-15,21H,5-6,9-13H2,1-4H3. The highest BCUT2D eigenvalue weighted by Gasteiger charge is 2.16. The smallest absolute Gasteiger partial charge is 0.0480 e. The molecule has 126 valence electrons. The van der Waals surface area contributed by atoms with Gasteiger partial charge in [0.1, 0.15) is 0 Å². The molecule has 1 aromatic heterocycles. The lowest BCUT2D eigenvalue weighted by Gasteiger charge is -2.27. The molecule has 0 radical (unpaired) electrons. The Balaban J connectivity index is 1.74. The fourth-order valence-corrected chi connectivity index (χ4v) is 3.57. The fourth-order valence-electron chi connectivity index (χ4n) is 3.57. The van der Waals surface area contributed by atoms with Crippen LogP contribution in [0.3, 0.4) is 0 Å². The molecule has 1 N–H and O–H groups in total. The number of piperazine rings is 1. The van der Waals surface area contributed by atoms with Crippen LogP contribution in [0.2, 0.25) is 0 Å². The van der Waals surface area contributed by atoms with Gasteiger partial charge in [0.05, 0.1) is 0 Å². The molecule has 3 rings (SSSR count). The maximum absolute atomic E-state index is 3.43. The maximum Gasteiger partial charge on any atom is 0.0480 e. The Bertz CT molecular complexity index is 657. The van der Waals surface area contributed by atoms with E-state index in [0.717, 1.165) is 13.1 Å². The van der Waals surface area contributed by atoms with E-state index in [1.54, 1.807) is 0 Å². The maximum atomic E-state index is 3.43. The van der Waals surface area contributed by atoms with Gasteiger partial charge in [0.25, 0.3) is 0 Å². The average Bonchev–Trinajstić information content (AvgIpc) is 2.84. The summed E-state index contributed by atoms with van der Waals surface area (Å²) in [7, 11) is 2.17. The molecule has 0 unspecified atom stereocenters. The molecule has 23 heavy (non-hydrogen) atoms. The molecule has 0 saturated carbocycles. The first-order chi connectivity index (χ1) is 10.9. The monoisotopic (exact) mass is 313 g/mol. The number of fused-ring (bicyclic) bond motifs is 1. The van der Waals surface area contributed by atoms with E-state index >= 15 is 0 Å². The summed E-state index contributed by atoms with van der Waals surface area (Å²) >= 11 is 0. The van der Waals surface area contributed by atoms with E-state index < -0.39 is 0 Å². The van der Waals surface area contributed by atoms with E-state index in [-0.39, 0.29) is 5.41 Å². The van der Waals surface area contributed by atoms with Gasteiger partial charge in [0.2, 0.25) is 0 Å². The number of hydrogen-bond acceptors (Lipinski definition) is 2. The molecule has 1 aliphatic heterocycles. The molecule has 3 heteroatoms. The van der Waals surface area contributed by atoms with Crippen LogP contribution in [-0.4, -0.2) is 42.2 Å². The van der Waals surface area contributed by atoms with E-state index in [1.165, 1.54) is 54.5 Å². The van der Waals surface area contributed by atoms with Crippen LogP contribution in [-0.2, 0) is 18.9 Å². The summed E-state index contributed by atoms with van der Waals surface area (Å²) in [5, 5.41) is 4.87. The van der Waals surface area contributed by atoms with Crippen molar-refractivity contribution in [2.75, 3.05) is 32.7 Å². The second-order valence-corrected chi connectivity index (χ2v) is 7.94. The Morgan fingerprint density at radius 1 is 1.13 bits per heavy atom. The molecule has 0 amide bonds. The van der Waals surface area contributed by atoms with Crippen LogP contribution in [0.25, 0.3) is 10.9 Å². The van der Waals surface area contributed by atoms with Gasteiger partial charge in [-0.05, 0) is 48.1 Å². The number of hydrogen-bond donors (Lipinski definition) is 1. The van der Waals surface area contributed by atoms with E-state index in [9.17, 15) is 0 Å². The van der Waals surface area contributed by atoms with Gasteiger partial charge in [-0.25, -0.2) is 0 Å². The van der Waals surface area contributed by atoms with Crippen molar-refractivity contribution in [1.82, 2.24) is 14.8 Å². The van der Waals surface area contributed by atoms with Crippen LogP contribution in [0.4, 0.5) is 0 Å². The summed E-state index contributed by atoms with van der Waals surface area (Å²) in [6.07, 6.45) is 4.75. The third-order valence-corrected chi connectivity index (χ3v) is 5.07. The largest absolute Gasteiger partial charge is 0.350 e. The van der Waals surface area contributed by atoms with Crippen molar-refractivity contribution < 1.29 is 0 Å². The first-order valence-corrected chi connectivity index (χ1v) is 8.97. The molecular formula is C20H31N3. The van der Waals surface area contributed by atoms with Crippen molar-refractivity contribution in [3.8, 4) is 0 Å². The van der Waals surface area contributed by atoms with Crippen LogP contribution < -0.4 is 5.32 Å². The zero-order valence-electron chi connectivity index (χ0n) is 15.2. The van der Waals surface area contributed by atoms with Gasteiger partial charge < -0.3 is 14.8 Å². The molecular weight excluding hydrogens is 282 g/mol. The van der Waals surface area contributed by atoms with Gasteiger partial charge in [-0.2, -0.15) is 0 Å². The fraction of sp³-hybridized carbons (Fsp3) is 0.600. The lowest BCUT2D eigenvalue weighted by atomic mass is 9.86. The molecule has 1 saturated heterocycles. The van der Waals surface area contributed by atoms with E-state index in [0.29, 0.717) is 0 Å². The van der Waals surface area contributed by atoms with Crippen molar-refractivity contribution in [2.24, 2.45) is 7.05 Å². The van der Waals surface area contributed by atoms with Gasteiger partial charge in [-0.15, -0.1) is 0 Å². The Hall–Kier alpha value is -1.32. The first kappa shape index (κ1) is 16.5. The van der Waals surface area contributed by atoms with Crippen molar-refractivity contribution in [3.63, 3.8) is 0 Å². The van der Waals surface area contributed by atoms with Gasteiger partial charge in [0.15, 0.2) is 0 Å². The quantitative estimate of drug-likeness (QED) is 0.934. The molecule has 1 fully saturated rings. The molecule has 0 spiro atoms. The number of aromatic nitrogens is 1. The normalized spacial score (nSPS) is 17.0. The summed E-state index contributed by atoms with van der Waals surface area (Å²) < 4.78 is 2.28. The van der Waals surface area contributed by atoms with Crippen molar-refractivity contribution in [1.29, 1.82) is 0 Å². The van der Waals surface area contributed by atoms with Gasteiger partial charge in [0, 0.05) is 50.3 Å². The molecule has 0 bridgehead atoms. The van der Waals surface area contributed by atoms with Crippen LogP contribution in [0.5, 0.6) is 0 Å². The minimum Gasteiger partial charge on any atom is -0.350 e. The average molecular weight is 313 g/mol. The van der Waals surface area contributed by atoms with Crippen LogP contribution in [0.15, 0.2) is 24.4 Å². The Morgan fingerprint density at radius 3 is 2.57 bits per heavy atom. The zero-order valence-corrected chi connectivity index (χ0v) is 15.2. The van der Waals surface area contributed by atoms with Crippen molar-refractivity contribution >= 4 is 10.9 Å². The highest BCUT2D eigenvalue weighted by atomic mass is 15.2. The van der Waals surface area contributed by atoms with Gasteiger partial charge >= 0.3 is 0 Å². The summed E-state index contributed by atoms with van der Waals surface area (Å²) in [4.78, 5) is 2.59. The van der Waals surface area contributed by atoms with Crippen LogP contribution in [0, 0.1) is 0 Å². The second kappa shape index (κ2) is 6.66. The molecule has 1 aromatic carbocycles. The van der Waals surface area contributed by atoms with E-state index in [1.807, 2.05) is 0 Å². The van der Waals surface area contributed by atoms with Crippen LogP contribution in [0.1, 0.15) is 38.3 Å². The molecule has 1 aliphatic rings. The van der Waals surface area contributed by atoms with E-state index in [2.05, 4.69) is 67.0 Å². The van der Waals surface area contributed by atoms with E-state index in [4.69, 9.17) is 0 Å². The predicted octanol–water partition coefficient (Wildman–Crippen LogP) is 3.31. The Kier molecular flexibility index (Phi) is 4.79. The lowest BCUT2D eigenvalue weighted by molar-refractivity contribution is 0.238. The summed E-state index contributed by atoms with van der Waals surface area (Å²) in [5.41, 5.74) is 4.50. The summed E-state index contributed by atoms with van der Waals surface area (Å²) in [6.45, 7) is 12.8. The minimum absolute atomic E-state index is 0.210. The first-order valence-electron chi connectivity index (χ1n) is 8.97. The number of nitrogens with one attached hydrogen (secondary N) is 1. The number of rotatable bonds is 4. The second-order valence-electron chi connectivity index (χ2n) is 7.94. The third-order valence-electron chi connectivity index (χ3n) is 5.07. The lowest BCUT2D eigenvalue weighted by Crippen LogP contribution is -2.43. The van der Waals surface area contributed by atoms with Gasteiger partial charge in [-0.3, -0.25) is 0 Å². The predicted molar refractivity (Wildman–Crippen MR) is 99.2 cm³/mol. The Morgan fingerprint density at radius 2 is 1.87 bits per heavy atom. The SMILES string of the molecule is Cn1cc(CCCN2CCNCC2)c2cc(C(C)(C)C)ccc21. The zero-order chi connectivity index (χ0) is 16.4. The summed E-state index contributed by atoms with van der Waals surface area (Å²) in [5.74, 6) is 0. The summed E-state index contributed by atoms with van der Waals surface area (Å²) in [6, 6.07) is 6.98. The molecule has 2 heterocycles. The molecule has 0 atom stereocenters. The highest BCUT2D eigenvalue weighted by molar-refractivity contribution is 5.85. The van der Waals surface area contributed by atoms with Crippen molar-refractivity contribution in [3.05, 3.63) is 35.5 Å². The minimum atomic E-state index is 0.210.